The number of fused-ring (bicyclic) bond motifs is 2. The second kappa shape index (κ2) is 5.52. The second-order valence-corrected chi connectivity index (χ2v) is 9.37. The highest BCUT2D eigenvalue weighted by atomic mass is 16.6. The Morgan fingerprint density at radius 1 is 1.25 bits per heavy atom. The van der Waals surface area contributed by atoms with Gasteiger partial charge in [-0.05, 0) is 55.8 Å². The Balaban J connectivity index is 1.67. The third-order valence-corrected chi connectivity index (χ3v) is 8.20. The minimum atomic E-state index is -0.286. The number of rotatable bonds is 3. The van der Waals surface area contributed by atoms with Crippen LogP contribution < -0.4 is 0 Å². The number of hydrogen-bond acceptors (Lipinski definition) is 4. The van der Waals surface area contributed by atoms with Gasteiger partial charge in [-0.15, -0.1) is 0 Å². The highest BCUT2D eigenvalue weighted by Crippen LogP contribution is 2.67. The largest absolute Gasteiger partial charge is 0.394 e. The van der Waals surface area contributed by atoms with Crippen LogP contribution in [-0.2, 0) is 14.3 Å². The van der Waals surface area contributed by atoms with Crippen LogP contribution in [0.2, 0.25) is 0 Å². The maximum Gasteiger partial charge on any atom is 0.139 e. The molecule has 24 heavy (non-hydrogen) atoms. The van der Waals surface area contributed by atoms with E-state index in [4.69, 9.17) is 14.6 Å². The third kappa shape index (κ3) is 2.18. The number of hydrogen-bond donors (Lipinski definition) is 1. The van der Waals surface area contributed by atoms with Gasteiger partial charge in [0.2, 0.25) is 0 Å². The monoisotopic (exact) mass is 336 g/mol. The van der Waals surface area contributed by atoms with Gasteiger partial charge in [-0.2, -0.15) is 0 Å². The summed E-state index contributed by atoms with van der Waals surface area (Å²) in [4.78, 5) is 13.3. The van der Waals surface area contributed by atoms with Crippen molar-refractivity contribution in [1.29, 1.82) is 0 Å². The molecule has 1 saturated heterocycles. The van der Waals surface area contributed by atoms with Crippen LogP contribution in [0.4, 0.5) is 0 Å². The zero-order chi connectivity index (χ0) is 17.2. The van der Waals surface area contributed by atoms with E-state index in [1.807, 2.05) is 0 Å². The van der Waals surface area contributed by atoms with E-state index in [1.165, 1.54) is 0 Å². The van der Waals surface area contributed by atoms with Crippen LogP contribution in [0, 0.1) is 22.7 Å². The fraction of sp³-hybridized carbons (Fsp3) is 0.950. The fourth-order valence-corrected chi connectivity index (χ4v) is 6.34. The van der Waals surface area contributed by atoms with Crippen molar-refractivity contribution in [3.8, 4) is 0 Å². The molecule has 0 amide bonds. The molecule has 1 aliphatic heterocycles. The fourth-order valence-electron chi connectivity index (χ4n) is 6.34. The molecule has 1 heterocycles. The molecule has 4 fully saturated rings. The molecule has 0 radical (unpaired) electrons. The lowest BCUT2D eigenvalue weighted by atomic mass is 9.61. The van der Waals surface area contributed by atoms with Gasteiger partial charge >= 0.3 is 0 Å². The minimum Gasteiger partial charge on any atom is -0.394 e. The first-order valence-electron chi connectivity index (χ1n) is 9.79. The Hall–Kier alpha value is -0.450. The van der Waals surface area contributed by atoms with Crippen LogP contribution in [0.5, 0.6) is 0 Å². The van der Waals surface area contributed by atoms with Gasteiger partial charge in [0, 0.05) is 11.8 Å². The Morgan fingerprint density at radius 3 is 2.79 bits per heavy atom. The van der Waals surface area contributed by atoms with E-state index >= 15 is 0 Å². The predicted octanol–water partition coefficient (Wildman–Crippen LogP) is 3.11. The molecule has 1 spiro atoms. The van der Waals surface area contributed by atoms with Crippen molar-refractivity contribution >= 4 is 5.78 Å². The summed E-state index contributed by atoms with van der Waals surface area (Å²) in [6, 6.07) is 0. The lowest BCUT2D eigenvalue weighted by Crippen LogP contribution is -2.47. The minimum absolute atomic E-state index is 0.00216. The highest BCUT2D eigenvalue weighted by molar-refractivity contribution is 5.85. The molecule has 1 N–H and O–H groups in total. The van der Waals surface area contributed by atoms with Gasteiger partial charge in [0.25, 0.3) is 0 Å². The molecular formula is C20H32O4. The summed E-state index contributed by atoms with van der Waals surface area (Å²) >= 11 is 0. The van der Waals surface area contributed by atoms with Crippen molar-refractivity contribution in [2.24, 2.45) is 22.7 Å². The number of aliphatic hydroxyl groups excluding tert-OH is 1. The number of epoxide rings is 1. The molecule has 4 aliphatic rings. The molecule has 3 aliphatic carbocycles. The van der Waals surface area contributed by atoms with Crippen LogP contribution in [0.3, 0.4) is 0 Å². The molecule has 3 saturated carbocycles. The number of ether oxygens (including phenoxy) is 2. The Morgan fingerprint density at radius 2 is 2.04 bits per heavy atom. The molecule has 4 rings (SSSR count). The van der Waals surface area contributed by atoms with Crippen molar-refractivity contribution in [2.75, 3.05) is 13.2 Å². The predicted molar refractivity (Wildman–Crippen MR) is 90.6 cm³/mol. The maximum atomic E-state index is 13.3. The van der Waals surface area contributed by atoms with Crippen LogP contribution in [0.25, 0.3) is 0 Å². The van der Waals surface area contributed by atoms with Gasteiger partial charge in [0.05, 0.1) is 25.4 Å². The average Bonchev–Trinajstić information content (AvgIpc) is 3.20. The van der Waals surface area contributed by atoms with Crippen molar-refractivity contribution in [3.63, 3.8) is 0 Å². The molecule has 4 heteroatoms. The van der Waals surface area contributed by atoms with Crippen LogP contribution >= 0.6 is 0 Å². The lowest BCUT2D eigenvalue weighted by Gasteiger charge is -2.45. The van der Waals surface area contributed by atoms with Gasteiger partial charge in [0.1, 0.15) is 11.4 Å². The average molecular weight is 336 g/mol. The molecule has 136 valence electrons. The highest BCUT2D eigenvalue weighted by Gasteiger charge is 2.71. The number of carbonyl (C=O) groups excluding carboxylic acids is 1. The Labute approximate surface area is 145 Å². The third-order valence-electron chi connectivity index (χ3n) is 8.20. The van der Waals surface area contributed by atoms with E-state index in [0.29, 0.717) is 24.7 Å². The van der Waals surface area contributed by atoms with E-state index in [-0.39, 0.29) is 41.2 Å². The number of ketones is 1. The summed E-state index contributed by atoms with van der Waals surface area (Å²) < 4.78 is 12.3. The summed E-state index contributed by atoms with van der Waals surface area (Å²) in [6.07, 6.45) is 7.25. The molecule has 6 atom stereocenters. The Bertz CT molecular complexity index is 530. The molecule has 2 bridgehead atoms. The quantitative estimate of drug-likeness (QED) is 0.805. The maximum absolute atomic E-state index is 13.3. The summed E-state index contributed by atoms with van der Waals surface area (Å²) in [6.45, 7) is 7.22. The lowest BCUT2D eigenvalue weighted by molar-refractivity contribution is -0.144. The van der Waals surface area contributed by atoms with E-state index in [1.54, 1.807) is 0 Å². The van der Waals surface area contributed by atoms with Gasteiger partial charge in [-0.1, -0.05) is 20.8 Å². The van der Waals surface area contributed by atoms with Crippen molar-refractivity contribution in [3.05, 3.63) is 0 Å². The SMILES string of the molecule is CC1(C)[C@H]2CC[C@@]13O[C@H]3C[C@H]1[C@@H](OCCO)CCC[C@@]1(C)C(=O)C2. The van der Waals surface area contributed by atoms with Crippen molar-refractivity contribution in [2.45, 2.75) is 83.5 Å². The van der Waals surface area contributed by atoms with E-state index in [9.17, 15) is 4.79 Å². The van der Waals surface area contributed by atoms with E-state index < -0.39 is 0 Å². The van der Waals surface area contributed by atoms with Gasteiger partial charge in [0.15, 0.2) is 0 Å². The zero-order valence-corrected chi connectivity index (χ0v) is 15.3. The number of Topliss-reactive ketones (excluding diaryl/α,β-unsaturated/α-hetero) is 1. The topological polar surface area (TPSA) is 59.1 Å². The van der Waals surface area contributed by atoms with Gasteiger partial charge in [-0.25, -0.2) is 0 Å². The Kier molecular flexibility index (Phi) is 3.91. The number of aliphatic hydroxyl groups is 1. The molecule has 0 unspecified atom stereocenters. The molecule has 0 aromatic rings. The normalized spacial score (nSPS) is 49.6. The number of carbonyl (C=O) groups is 1. The second-order valence-electron chi connectivity index (χ2n) is 9.37. The first kappa shape index (κ1) is 17.0. The molecular weight excluding hydrogens is 304 g/mol. The van der Waals surface area contributed by atoms with Crippen LogP contribution in [0.15, 0.2) is 0 Å². The van der Waals surface area contributed by atoms with Crippen LogP contribution in [-0.4, -0.2) is 41.9 Å². The molecule has 4 nitrogen and oxygen atoms in total. The van der Waals surface area contributed by atoms with Gasteiger partial charge in [-0.3, -0.25) is 4.79 Å². The summed E-state index contributed by atoms with van der Waals surface area (Å²) in [7, 11) is 0. The van der Waals surface area contributed by atoms with Crippen molar-refractivity contribution in [1.82, 2.24) is 0 Å². The standard InChI is InChI=1S/C20H32O4/c1-18(2)13-6-8-20(18)17(24-20)12-14-15(23-10-9-21)5-4-7-19(14,3)16(22)11-13/h13-15,17,21H,4-12H2,1-3H3/t13-,14-,15-,17-,19+,20-/m0/s1. The summed E-state index contributed by atoms with van der Waals surface area (Å²) in [5.74, 6) is 1.12. The molecule has 0 aromatic carbocycles. The molecule has 0 aromatic heterocycles. The zero-order valence-electron chi connectivity index (χ0n) is 15.3. The van der Waals surface area contributed by atoms with Gasteiger partial charge < -0.3 is 14.6 Å². The van der Waals surface area contributed by atoms with E-state index in [0.717, 1.165) is 38.5 Å². The smallest absolute Gasteiger partial charge is 0.139 e. The van der Waals surface area contributed by atoms with Crippen molar-refractivity contribution < 1.29 is 19.4 Å². The van der Waals surface area contributed by atoms with E-state index in [2.05, 4.69) is 20.8 Å². The summed E-state index contributed by atoms with van der Waals surface area (Å²) in [5.41, 5.74) is -0.188. The first-order chi connectivity index (χ1) is 11.3. The van der Waals surface area contributed by atoms with Crippen LogP contribution in [0.1, 0.15) is 65.7 Å². The first-order valence-corrected chi connectivity index (χ1v) is 9.79. The summed E-state index contributed by atoms with van der Waals surface area (Å²) in [5, 5.41) is 9.15.